The molecule has 0 aromatic rings. The first kappa shape index (κ1) is 16.4. The number of nitrogens with one attached hydrogen (secondary N) is 1. The van der Waals surface area contributed by atoms with Gasteiger partial charge in [-0.25, -0.2) is 0 Å². The van der Waals surface area contributed by atoms with E-state index in [1.54, 1.807) is 0 Å². The lowest BCUT2D eigenvalue weighted by molar-refractivity contribution is -0.130. The molecule has 3 unspecified atom stereocenters. The van der Waals surface area contributed by atoms with Crippen LogP contribution in [-0.2, 0) is 4.79 Å². The largest absolute Gasteiger partial charge is 0.325 e. The Bertz CT molecular complexity index is 283. The number of hydrogen-bond acceptors (Lipinski definition) is 3. The topological polar surface area (TPSA) is 35.6 Å². The molecule has 0 saturated carbocycles. The second-order valence-corrected chi connectivity index (χ2v) is 5.70. The Morgan fingerprint density at radius 3 is 2.58 bits per heavy atom. The minimum absolute atomic E-state index is 0.0452. The van der Waals surface area contributed by atoms with Crippen molar-refractivity contribution < 1.29 is 4.79 Å². The van der Waals surface area contributed by atoms with Gasteiger partial charge < -0.3 is 9.80 Å². The third-order valence-corrected chi connectivity index (χ3v) is 4.35. The lowest BCUT2D eigenvalue weighted by Gasteiger charge is -2.28. The molecule has 1 heterocycles. The summed E-state index contributed by atoms with van der Waals surface area (Å²) in [7, 11) is 2.15. The second-order valence-electron chi connectivity index (χ2n) is 5.70. The SMILES string of the molecule is CCCC1NC(CC)N(CCN(C)C(C)CC)C1=O. The summed E-state index contributed by atoms with van der Waals surface area (Å²) in [6.45, 7) is 10.5. The number of rotatable bonds is 8. The highest BCUT2D eigenvalue weighted by atomic mass is 16.2. The number of likely N-dealkylation sites (N-methyl/N-ethyl adjacent to an activating group) is 1. The summed E-state index contributed by atoms with van der Waals surface area (Å²) in [5, 5.41) is 3.47. The van der Waals surface area contributed by atoms with Crippen molar-refractivity contribution in [2.75, 3.05) is 20.1 Å². The molecule has 1 aliphatic rings. The highest BCUT2D eigenvalue weighted by molar-refractivity contribution is 5.84. The third-order valence-electron chi connectivity index (χ3n) is 4.35. The molecule has 1 amide bonds. The zero-order valence-electron chi connectivity index (χ0n) is 13.3. The number of carbonyl (C=O) groups is 1. The molecular formula is C15H31N3O. The molecule has 19 heavy (non-hydrogen) atoms. The molecular weight excluding hydrogens is 238 g/mol. The Labute approximate surface area is 118 Å². The Morgan fingerprint density at radius 2 is 2.05 bits per heavy atom. The van der Waals surface area contributed by atoms with Gasteiger partial charge in [-0.1, -0.05) is 27.2 Å². The normalized spacial score (nSPS) is 25.4. The van der Waals surface area contributed by atoms with Crippen LogP contribution in [0.25, 0.3) is 0 Å². The molecule has 0 aromatic carbocycles. The lowest BCUT2D eigenvalue weighted by atomic mass is 10.2. The fourth-order valence-electron chi connectivity index (χ4n) is 2.64. The highest BCUT2D eigenvalue weighted by Crippen LogP contribution is 2.16. The molecule has 0 radical (unpaired) electrons. The first-order chi connectivity index (χ1) is 9.04. The first-order valence-corrected chi connectivity index (χ1v) is 7.81. The predicted molar refractivity (Wildman–Crippen MR) is 80.0 cm³/mol. The van der Waals surface area contributed by atoms with E-state index in [4.69, 9.17) is 0 Å². The zero-order valence-corrected chi connectivity index (χ0v) is 13.3. The fourth-order valence-corrected chi connectivity index (χ4v) is 2.64. The molecule has 0 aromatic heterocycles. The standard InChI is InChI=1S/C15H31N3O/c1-6-9-13-15(19)18(14(8-3)16-13)11-10-17(5)12(4)7-2/h12-14,16H,6-11H2,1-5H3. The van der Waals surface area contributed by atoms with Gasteiger partial charge in [0.05, 0.1) is 12.2 Å². The van der Waals surface area contributed by atoms with E-state index in [2.05, 4.69) is 45.0 Å². The monoisotopic (exact) mass is 269 g/mol. The van der Waals surface area contributed by atoms with Gasteiger partial charge in [0.15, 0.2) is 0 Å². The van der Waals surface area contributed by atoms with Crippen LogP contribution in [0.3, 0.4) is 0 Å². The van der Waals surface area contributed by atoms with Gasteiger partial charge in [-0.3, -0.25) is 10.1 Å². The summed E-state index contributed by atoms with van der Waals surface area (Å²) in [6.07, 6.45) is 4.37. The van der Waals surface area contributed by atoms with Crippen LogP contribution in [0, 0.1) is 0 Å². The van der Waals surface area contributed by atoms with Crippen molar-refractivity contribution in [2.24, 2.45) is 0 Å². The van der Waals surface area contributed by atoms with Crippen LogP contribution in [0.4, 0.5) is 0 Å². The van der Waals surface area contributed by atoms with E-state index in [9.17, 15) is 4.79 Å². The average molecular weight is 269 g/mol. The summed E-state index contributed by atoms with van der Waals surface area (Å²) in [6, 6.07) is 0.626. The van der Waals surface area contributed by atoms with Gasteiger partial charge >= 0.3 is 0 Å². The smallest absolute Gasteiger partial charge is 0.241 e. The maximum Gasteiger partial charge on any atom is 0.241 e. The van der Waals surface area contributed by atoms with E-state index in [1.165, 1.54) is 0 Å². The van der Waals surface area contributed by atoms with Crippen LogP contribution in [0.15, 0.2) is 0 Å². The van der Waals surface area contributed by atoms with Gasteiger partial charge in [-0.05, 0) is 33.2 Å². The Kier molecular flexibility index (Phi) is 6.80. The Morgan fingerprint density at radius 1 is 1.37 bits per heavy atom. The van der Waals surface area contributed by atoms with Crippen molar-refractivity contribution in [2.45, 2.75) is 71.6 Å². The number of hydrogen-bond donors (Lipinski definition) is 1. The van der Waals surface area contributed by atoms with E-state index in [0.717, 1.165) is 38.8 Å². The number of carbonyl (C=O) groups excluding carboxylic acids is 1. The van der Waals surface area contributed by atoms with Crippen LogP contribution in [-0.4, -0.2) is 54.1 Å². The fraction of sp³-hybridized carbons (Fsp3) is 0.933. The third kappa shape index (κ3) is 4.18. The van der Waals surface area contributed by atoms with Crippen LogP contribution in [0.2, 0.25) is 0 Å². The van der Waals surface area contributed by atoms with Gasteiger partial charge in [0.2, 0.25) is 5.91 Å². The minimum Gasteiger partial charge on any atom is -0.325 e. The molecule has 1 aliphatic heterocycles. The maximum absolute atomic E-state index is 12.4. The van der Waals surface area contributed by atoms with E-state index in [1.807, 2.05) is 4.90 Å². The van der Waals surface area contributed by atoms with Gasteiger partial charge in [0.1, 0.15) is 0 Å². The summed E-state index contributed by atoms with van der Waals surface area (Å²) in [4.78, 5) is 16.7. The maximum atomic E-state index is 12.4. The average Bonchev–Trinajstić information content (AvgIpc) is 2.72. The lowest BCUT2D eigenvalue weighted by Crippen LogP contribution is -2.43. The molecule has 1 N–H and O–H groups in total. The molecule has 1 fully saturated rings. The van der Waals surface area contributed by atoms with Crippen molar-refractivity contribution in [3.05, 3.63) is 0 Å². The predicted octanol–water partition coefficient (Wildman–Crippen LogP) is 2.05. The molecule has 1 saturated heterocycles. The van der Waals surface area contributed by atoms with Gasteiger partial charge in [0, 0.05) is 19.1 Å². The van der Waals surface area contributed by atoms with Gasteiger partial charge in [0.25, 0.3) is 0 Å². The zero-order chi connectivity index (χ0) is 14.4. The van der Waals surface area contributed by atoms with E-state index >= 15 is 0 Å². The summed E-state index contributed by atoms with van der Waals surface area (Å²) in [5.74, 6) is 0.297. The van der Waals surface area contributed by atoms with Crippen molar-refractivity contribution >= 4 is 5.91 Å². The van der Waals surface area contributed by atoms with Gasteiger partial charge in [-0.2, -0.15) is 0 Å². The molecule has 0 spiro atoms. The van der Waals surface area contributed by atoms with Crippen molar-refractivity contribution in [1.29, 1.82) is 0 Å². The number of nitrogens with zero attached hydrogens (tertiary/aromatic N) is 2. The molecule has 4 nitrogen and oxygen atoms in total. The Hall–Kier alpha value is -0.610. The Balaban J connectivity index is 2.53. The van der Waals surface area contributed by atoms with Crippen LogP contribution >= 0.6 is 0 Å². The van der Waals surface area contributed by atoms with E-state index < -0.39 is 0 Å². The van der Waals surface area contributed by atoms with Crippen molar-refractivity contribution in [3.8, 4) is 0 Å². The van der Waals surface area contributed by atoms with Gasteiger partial charge in [-0.15, -0.1) is 0 Å². The van der Waals surface area contributed by atoms with E-state index in [0.29, 0.717) is 11.9 Å². The van der Waals surface area contributed by atoms with Crippen LogP contribution < -0.4 is 5.32 Å². The number of amides is 1. The van der Waals surface area contributed by atoms with E-state index in [-0.39, 0.29) is 12.2 Å². The quantitative estimate of drug-likeness (QED) is 0.732. The second kappa shape index (κ2) is 7.85. The summed E-state index contributed by atoms with van der Waals surface area (Å²) in [5.41, 5.74) is 0. The molecule has 0 bridgehead atoms. The molecule has 112 valence electrons. The van der Waals surface area contributed by atoms with Crippen LogP contribution in [0.5, 0.6) is 0 Å². The van der Waals surface area contributed by atoms with Crippen molar-refractivity contribution in [3.63, 3.8) is 0 Å². The molecule has 0 aliphatic carbocycles. The van der Waals surface area contributed by atoms with Crippen LogP contribution in [0.1, 0.15) is 53.4 Å². The molecule has 4 heteroatoms. The summed E-state index contributed by atoms with van der Waals surface area (Å²) < 4.78 is 0. The first-order valence-electron chi connectivity index (χ1n) is 7.81. The molecule has 3 atom stereocenters. The van der Waals surface area contributed by atoms with Crippen molar-refractivity contribution in [1.82, 2.24) is 15.1 Å². The molecule has 1 rings (SSSR count). The minimum atomic E-state index is 0.0452. The highest BCUT2D eigenvalue weighted by Gasteiger charge is 2.36. The summed E-state index contributed by atoms with van der Waals surface area (Å²) >= 11 is 0.